The zero-order chi connectivity index (χ0) is 11.0. The molecule has 0 spiro atoms. The highest BCUT2D eigenvalue weighted by Crippen LogP contribution is 2.35. The number of nitrogens with one attached hydrogen (secondary N) is 1. The van der Waals surface area contributed by atoms with Crippen molar-refractivity contribution in [2.24, 2.45) is 5.92 Å². The highest BCUT2D eigenvalue weighted by molar-refractivity contribution is 6.39. The number of halogens is 3. The third-order valence-electron chi connectivity index (χ3n) is 2.20. The maximum absolute atomic E-state index is 12.8. The molecule has 1 saturated carbocycles. The molecule has 1 fully saturated rings. The van der Waals surface area contributed by atoms with Crippen molar-refractivity contribution in [3.05, 3.63) is 28.0 Å². The largest absolute Gasteiger partial charge is 0.323 e. The van der Waals surface area contributed by atoms with E-state index in [1.807, 2.05) is 0 Å². The maximum atomic E-state index is 12.8. The molecule has 1 aromatic rings. The molecule has 0 radical (unpaired) electrons. The van der Waals surface area contributed by atoms with Crippen LogP contribution in [0.5, 0.6) is 0 Å². The first-order chi connectivity index (χ1) is 7.08. The average Bonchev–Trinajstić information content (AvgIpc) is 2.93. The van der Waals surface area contributed by atoms with Gasteiger partial charge in [0.15, 0.2) is 0 Å². The third kappa shape index (κ3) is 2.41. The van der Waals surface area contributed by atoms with Gasteiger partial charge in [0.05, 0.1) is 15.7 Å². The predicted molar refractivity (Wildman–Crippen MR) is 57.8 cm³/mol. The normalized spacial score (nSPS) is 15.1. The van der Waals surface area contributed by atoms with Gasteiger partial charge in [-0.1, -0.05) is 23.2 Å². The topological polar surface area (TPSA) is 29.1 Å². The van der Waals surface area contributed by atoms with Crippen LogP contribution in [0.1, 0.15) is 12.8 Å². The molecule has 1 N–H and O–H groups in total. The molecular weight excluding hydrogens is 240 g/mol. The second-order valence-electron chi connectivity index (χ2n) is 3.51. The summed E-state index contributed by atoms with van der Waals surface area (Å²) in [4.78, 5) is 11.4. The number of carbonyl (C=O) groups is 1. The lowest BCUT2D eigenvalue weighted by Gasteiger charge is -2.08. The van der Waals surface area contributed by atoms with Gasteiger partial charge in [-0.25, -0.2) is 4.39 Å². The molecule has 1 aromatic carbocycles. The van der Waals surface area contributed by atoms with Crippen LogP contribution >= 0.6 is 23.2 Å². The Morgan fingerprint density at radius 1 is 1.33 bits per heavy atom. The Labute approximate surface area is 96.4 Å². The van der Waals surface area contributed by atoms with Gasteiger partial charge < -0.3 is 5.32 Å². The summed E-state index contributed by atoms with van der Waals surface area (Å²) < 4.78 is 12.8. The summed E-state index contributed by atoms with van der Waals surface area (Å²) >= 11 is 11.5. The zero-order valence-electron chi connectivity index (χ0n) is 7.69. The molecule has 1 aliphatic carbocycles. The van der Waals surface area contributed by atoms with Gasteiger partial charge in [0.25, 0.3) is 0 Å². The number of hydrogen-bond acceptors (Lipinski definition) is 1. The van der Waals surface area contributed by atoms with Crippen LogP contribution < -0.4 is 5.32 Å². The van der Waals surface area contributed by atoms with Crippen LogP contribution in [0.15, 0.2) is 12.1 Å². The van der Waals surface area contributed by atoms with Gasteiger partial charge in [-0.2, -0.15) is 0 Å². The number of rotatable bonds is 2. The minimum Gasteiger partial charge on any atom is -0.323 e. The lowest BCUT2D eigenvalue weighted by atomic mass is 10.3. The first-order valence-electron chi connectivity index (χ1n) is 4.53. The molecule has 15 heavy (non-hydrogen) atoms. The van der Waals surface area contributed by atoms with Crippen LogP contribution in [-0.2, 0) is 4.79 Å². The predicted octanol–water partition coefficient (Wildman–Crippen LogP) is 3.48. The highest BCUT2D eigenvalue weighted by atomic mass is 35.5. The third-order valence-corrected chi connectivity index (χ3v) is 2.80. The molecule has 0 aromatic heterocycles. The molecule has 0 bridgehead atoms. The van der Waals surface area contributed by atoms with E-state index in [0.717, 1.165) is 25.0 Å². The summed E-state index contributed by atoms with van der Waals surface area (Å²) in [6.07, 6.45) is 1.78. The van der Waals surface area contributed by atoms with Crippen molar-refractivity contribution >= 4 is 34.8 Å². The second-order valence-corrected chi connectivity index (χ2v) is 4.32. The number of benzene rings is 1. The first kappa shape index (κ1) is 10.7. The quantitative estimate of drug-likeness (QED) is 0.852. The van der Waals surface area contributed by atoms with Crippen molar-refractivity contribution in [2.75, 3.05) is 5.32 Å². The Morgan fingerprint density at radius 2 is 1.87 bits per heavy atom. The molecule has 2 rings (SSSR count). The van der Waals surface area contributed by atoms with Crippen LogP contribution in [0.3, 0.4) is 0 Å². The van der Waals surface area contributed by atoms with E-state index in [-0.39, 0.29) is 27.6 Å². The lowest BCUT2D eigenvalue weighted by molar-refractivity contribution is -0.117. The molecule has 1 aliphatic rings. The Kier molecular flexibility index (Phi) is 2.85. The molecule has 80 valence electrons. The van der Waals surface area contributed by atoms with Crippen LogP contribution in [0.2, 0.25) is 10.0 Å². The van der Waals surface area contributed by atoms with Crippen LogP contribution in [0.4, 0.5) is 10.1 Å². The minimum atomic E-state index is -0.519. The van der Waals surface area contributed by atoms with E-state index in [0.29, 0.717) is 0 Å². The molecular formula is C10H8Cl2FNO. The fourth-order valence-electron chi connectivity index (χ4n) is 1.23. The monoisotopic (exact) mass is 247 g/mol. The van der Waals surface area contributed by atoms with E-state index in [9.17, 15) is 9.18 Å². The van der Waals surface area contributed by atoms with Gasteiger partial charge in [-0.05, 0) is 25.0 Å². The maximum Gasteiger partial charge on any atom is 0.227 e. The van der Waals surface area contributed by atoms with E-state index in [2.05, 4.69) is 5.32 Å². The standard InChI is InChI=1S/C10H8Cl2FNO/c11-7-3-6(13)4-8(12)9(7)14-10(15)5-1-2-5/h3-5H,1-2H2,(H,14,15). The molecule has 1 amide bonds. The van der Waals surface area contributed by atoms with Crippen LogP contribution in [-0.4, -0.2) is 5.91 Å². The van der Waals surface area contributed by atoms with E-state index in [1.165, 1.54) is 0 Å². The van der Waals surface area contributed by atoms with Crippen molar-refractivity contribution in [3.63, 3.8) is 0 Å². The Hall–Kier alpha value is -0.800. The molecule has 0 aliphatic heterocycles. The summed E-state index contributed by atoms with van der Waals surface area (Å²) in [5.74, 6) is -0.568. The fourth-order valence-corrected chi connectivity index (χ4v) is 1.79. The van der Waals surface area contributed by atoms with Crippen molar-refractivity contribution < 1.29 is 9.18 Å². The van der Waals surface area contributed by atoms with Crippen LogP contribution in [0, 0.1) is 11.7 Å². The van der Waals surface area contributed by atoms with Crippen molar-refractivity contribution in [1.29, 1.82) is 0 Å². The number of hydrogen-bond donors (Lipinski definition) is 1. The summed E-state index contributed by atoms with van der Waals surface area (Å²) in [6.45, 7) is 0. The molecule has 2 nitrogen and oxygen atoms in total. The fraction of sp³-hybridized carbons (Fsp3) is 0.300. The molecule has 5 heteroatoms. The summed E-state index contributed by atoms with van der Waals surface area (Å²) in [5, 5.41) is 2.84. The Balaban J connectivity index is 2.23. The number of carbonyl (C=O) groups excluding carboxylic acids is 1. The molecule has 0 unspecified atom stereocenters. The van der Waals surface area contributed by atoms with Gasteiger partial charge in [0.2, 0.25) is 5.91 Å². The van der Waals surface area contributed by atoms with Crippen molar-refractivity contribution in [3.8, 4) is 0 Å². The van der Waals surface area contributed by atoms with Crippen molar-refractivity contribution in [2.45, 2.75) is 12.8 Å². The Bertz CT molecular complexity index is 395. The van der Waals surface area contributed by atoms with Crippen molar-refractivity contribution in [1.82, 2.24) is 0 Å². The van der Waals surface area contributed by atoms with E-state index in [1.54, 1.807) is 0 Å². The number of amides is 1. The van der Waals surface area contributed by atoms with Gasteiger partial charge in [0, 0.05) is 5.92 Å². The lowest BCUT2D eigenvalue weighted by Crippen LogP contribution is -2.14. The molecule has 0 heterocycles. The van der Waals surface area contributed by atoms with Gasteiger partial charge in [-0.15, -0.1) is 0 Å². The highest BCUT2D eigenvalue weighted by Gasteiger charge is 2.30. The second kappa shape index (κ2) is 3.99. The minimum absolute atomic E-state index is 0.0576. The summed E-state index contributed by atoms with van der Waals surface area (Å²) in [6, 6.07) is 2.24. The van der Waals surface area contributed by atoms with Gasteiger partial charge in [-0.3, -0.25) is 4.79 Å². The van der Waals surface area contributed by atoms with Gasteiger partial charge >= 0.3 is 0 Å². The number of anilines is 1. The van der Waals surface area contributed by atoms with E-state index in [4.69, 9.17) is 23.2 Å². The smallest absolute Gasteiger partial charge is 0.227 e. The summed E-state index contributed by atoms with van der Waals surface area (Å²) in [5.41, 5.74) is 0.289. The first-order valence-corrected chi connectivity index (χ1v) is 5.29. The average molecular weight is 248 g/mol. The SMILES string of the molecule is O=C(Nc1c(Cl)cc(F)cc1Cl)C1CC1. The Morgan fingerprint density at radius 3 is 2.33 bits per heavy atom. The zero-order valence-corrected chi connectivity index (χ0v) is 9.20. The van der Waals surface area contributed by atoms with E-state index >= 15 is 0 Å². The molecule has 0 saturated heterocycles. The van der Waals surface area contributed by atoms with Gasteiger partial charge in [0.1, 0.15) is 5.82 Å². The van der Waals surface area contributed by atoms with Crippen LogP contribution in [0.25, 0.3) is 0 Å². The molecule has 0 atom stereocenters. The van der Waals surface area contributed by atoms with E-state index < -0.39 is 5.82 Å². The summed E-state index contributed by atoms with van der Waals surface area (Å²) in [7, 11) is 0.